The minimum atomic E-state index is -0.504. The van der Waals surface area contributed by atoms with Crippen LogP contribution in [0, 0.1) is 0 Å². The van der Waals surface area contributed by atoms with Crippen LogP contribution < -0.4 is 10.2 Å². The molecular formula is C21H22ClNO5. The first-order valence-electron chi connectivity index (χ1n) is 8.83. The van der Waals surface area contributed by atoms with Crippen LogP contribution in [0.4, 0.5) is 5.69 Å². The van der Waals surface area contributed by atoms with E-state index in [1.54, 1.807) is 48.5 Å². The van der Waals surface area contributed by atoms with Gasteiger partial charge in [-0.1, -0.05) is 18.2 Å². The van der Waals surface area contributed by atoms with Gasteiger partial charge in [-0.2, -0.15) is 0 Å². The SMILES string of the molecule is C=CC(=O)OCCCCCOc1ccc(C(=O)ONc2ccc(Cl)cc2)cc1. The second kappa shape index (κ2) is 11.7. The summed E-state index contributed by atoms with van der Waals surface area (Å²) in [6, 6.07) is 13.5. The number of hydrogen-bond donors (Lipinski definition) is 1. The predicted molar refractivity (Wildman–Crippen MR) is 107 cm³/mol. The molecule has 6 nitrogen and oxygen atoms in total. The zero-order chi connectivity index (χ0) is 20.2. The summed E-state index contributed by atoms with van der Waals surface area (Å²) in [7, 11) is 0. The van der Waals surface area contributed by atoms with E-state index in [9.17, 15) is 9.59 Å². The van der Waals surface area contributed by atoms with E-state index in [1.807, 2.05) is 0 Å². The van der Waals surface area contributed by atoms with Gasteiger partial charge in [0.05, 0.1) is 24.5 Å². The molecule has 0 spiro atoms. The van der Waals surface area contributed by atoms with Crippen LogP contribution in [0.25, 0.3) is 0 Å². The van der Waals surface area contributed by atoms with Crippen LogP contribution in [0.2, 0.25) is 5.02 Å². The molecule has 0 aliphatic carbocycles. The zero-order valence-electron chi connectivity index (χ0n) is 15.4. The maximum absolute atomic E-state index is 12.0. The van der Waals surface area contributed by atoms with Crippen molar-refractivity contribution < 1.29 is 23.9 Å². The van der Waals surface area contributed by atoms with Gasteiger partial charge in [0, 0.05) is 11.1 Å². The molecule has 0 unspecified atom stereocenters. The Morgan fingerprint density at radius 2 is 1.64 bits per heavy atom. The lowest BCUT2D eigenvalue weighted by Gasteiger charge is -2.08. The molecule has 148 valence electrons. The molecule has 0 aromatic heterocycles. The molecule has 0 aliphatic rings. The summed E-state index contributed by atoms with van der Waals surface area (Å²) < 4.78 is 10.5. The van der Waals surface area contributed by atoms with Gasteiger partial charge in [-0.3, -0.25) is 0 Å². The molecule has 2 aromatic rings. The largest absolute Gasteiger partial charge is 0.494 e. The molecule has 0 saturated heterocycles. The average molecular weight is 404 g/mol. The topological polar surface area (TPSA) is 73.9 Å². The minimum absolute atomic E-state index is 0.381. The number of halogens is 1. The zero-order valence-corrected chi connectivity index (χ0v) is 16.1. The second-order valence-corrected chi connectivity index (χ2v) is 6.24. The molecule has 0 radical (unpaired) electrons. The van der Waals surface area contributed by atoms with Gasteiger partial charge in [0.15, 0.2) is 0 Å². The molecule has 0 aliphatic heterocycles. The molecule has 2 rings (SSSR count). The molecular weight excluding hydrogens is 382 g/mol. The van der Waals surface area contributed by atoms with Crippen molar-refractivity contribution in [3.63, 3.8) is 0 Å². The fourth-order valence-electron chi connectivity index (χ4n) is 2.17. The summed E-state index contributed by atoms with van der Waals surface area (Å²) >= 11 is 5.80. The van der Waals surface area contributed by atoms with E-state index in [1.165, 1.54) is 0 Å². The highest BCUT2D eigenvalue weighted by Gasteiger charge is 2.08. The van der Waals surface area contributed by atoms with Gasteiger partial charge in [0.1, 0.15) is 5.75 Å². The number of nitrogens with one attached hydrogen (secondary N) is 1. The van der Waals surface area contributed by atoms with Crippen LogP contribution in [0.3, 0.4) is 0 Å². The Hall–Kier alpha value is -2.99. The minimum Gasteiger partial charge on any atom is -0.494 e. The number of rotatable bonds is 11. The summed E-state index contributed by atoms with van der Waals surface area (Å²) in [5.74, 6) is -0.242. The Labute approximate surface area is 169 Å². The van der Waals surface area contributed by atoms with Crippen LogP contribution in [-0.4, -0.2) is 25.2 Å². The average Bonchev–Trinajstić information content (AvgIpc) is 2.72. The first-order chi connectivity index (χ1) is 13.6. The number of esters is 1. The third-order valence-electron chi connectivity index (χ3n) is 3.66. The van der Waals surface area contributed by atoms with E-state index in [-0.39, 0.29) is 0 Å². The maximum Gasteiger partial charge on any atom is 0.362 e. The standard InChI is InChI=1S/C21H22ClNO5/c1-2-20(24)27-15-5-3-4-14-26-19-12-6-16(7-13-19)21(25)28-23-18-10-8-17(22)9-11-18/h2,6-13,23H,1,3-5,14-15H2. The number of unbranched alkanes of at least 4 members (excludes halogenated alkanes) is 2. The van der Waals surface area contributed by atoms with Gasteiger partial charge >= 0.3 is 11.9 Å². The number of benzene rings is 2. The van der Waals surface area contributed by atoms with Gasteiger partial charge in [-0.25, -0.2) is 15.1 Å². The van der Waals surface area contributed by atoms with E-state index >= 15 is 0 Å². The number of hydrogen-bond acceptors (Lipinski definition) is 6. The number of ether oxygens (including phenoxy) is 2. The summed E-state index contributed by atoms with van der Waals surface area (Å²) in [6.45, 7) is 4.25. The summed E-state index contributed by atoms with van der Waals surface area (Å²) in [6.07, 6.45) is 3.64. The van der Waals surface area contributed by atoms with E-state index in [0.717, 1.165) is 25.3 Å². The maximum atomic E-state index is 12.0. The van der Waals surface area contributed by atoms with Gasteiger partial charge in [0.25, 0.3) is 0 Å². The molecule has 7 heteroatoms. The first kappa shape index (κ1) is 21.3. The van der Waals surface area contributed by atoms with Crippen molar-refractivity contribution >= 4 is 29.2 Å². The normalized spacial score (nSPS) is 10.0. The number of carbonyl (C=O) groups is 2. The van der Waals surface area contributed by atoms with Crippen LogP contribution in [0.15, 0.2) is 61.2 Å². The summed E-state index contributed by atoms with van der Waals surface area (Å²) in [4.78, 5) is 28.0. The highest BCUT2D eigenvalue weighted by atomic mass is 35.5. The van der Waals surface area contributed by atoms with Crippen molar-refractivity contribution in [2.45, 2.75) is 19.3 Å². The quantitative estimate of drug-likeness (QED) is 0.251. The van der Waals surface area contributed by atoms with Crippen molar-refractivity contribution in [2.24, 2.45) is 0 Å². The number of carbonyl (C=O) groups excluding carboxylic acids is 2. The third-order valence-corrected chi connectivity index (χ3v) is 3.92. The smallest absolute Gasteiger partial charge is 0.362 e. The van der Waals surface area contributed by atoms with Crippen LogP contribution >= 0.6 is 11.6 Å². The Morgan fingerprint density at radius 1 is 0.964 bits per heavy atom. The van der Waals surface area contributed by atoms with Crippen LogP contribution in [0.1, 0.15) is 29.6 Å². The van der Waals surface area contributed by atoms with E-state index in [2.05, 4.69) is 12.1 Å². The Bertz CT molecular complexity index is 774. The molecule has 28 heavy (non-hydrogen) atoms. The third kappa shape index (κ3) is 7.72. The van der Waals surface area contributed by atoms with Crippen molar-refractivity contribution in [3.8, 4) is 5.75 Å². The molecule has 1 N–H and O–H groups in total. The van der Waals surface area contributed by atoms with E-state index in [0.29, 0.717) is 35.2 Å². The van der Waals surface area contributed by atoms with Crippen molar-refractivity contribution in [1.82, 2.24) is 0 Å². The first-order valence-corrected chi connectivity index (χ1v) is 9.21. The Morgan fingerprint density at radius 3 is 2.32 bits per heavy atom. The molecule has 0 saturated carbocycles. The van der Waals surface area contributed by atoms with Gasteiger partial charge in [-0.05, 0) is 67.8 Å². The highest BCUT2D eigenvalue weighted by molar-refractivity contribution is 6.30. The van der Waals surface area contributed by atoms with Crippen molar-refractivity contribution in [1.29, 1.82) is 0 Å². The highest BCUT2D eigenvalue weighted by Crippen LogP contribution is 2.16. The van der Waals surface area contributed by atoms with E-state index < -0.39 is 11.9 Å². The molecule has 0 fully saturated rings. The fraction of sp³-hybridized carbons (Fsp3) is 0.238. The second-order valence-electron chi connectivity index (χ2n) is 5.80. The Balaban J connectivity index is 1.65. The fourth-order valence-corrected chi connectivity index (χ4v) is 2.30. The molecule has 0 heterocycles. The van der Waals surface area contributed by atoms with Crippen LogP contribution in [0.5, 0.6) is 5.75 Å². The van der Waals surface area contributed by atoms with Crippen molar-refractivity contribution in [3.05, 3.63) is 71.8 Å². The van der Waals surface area contributed by atoms with E-state index in [4.69, 9.17) is 25.9 Å². The molecule has 0 amide bonds. The monoisotopic (exact) mass is 403 g/mol. The van der Waals surface area contributed by atoms with Gasteiger partial charge < -0.3 is 14.3 Å². The lowest BCUT2D eigenvalue weighted by Crippen LogP contribution is -2.10. The van der Waals surface area contributed by atoms with Gasteiger partial charge in [0.2, 0.25) is 0 Å². The van der Waals surface area contributed by atoms with Gasteiger partial charge in [-0.15, -0.1) is 0 Å². The van der Waals surface area contributed by atoms with Crippen LogP contribution in [-0.2, 0) is 14.4 Å². The lowest BCUT2D eigenvalue weighted by atomic mass is 10.2. The summed E-state index contributed by atoms with van der Waals surface area (Å²) in [5.41, 5.74) is 3.60. The molecule has 0 bridgehead atoms. The Kier molecular flexibility index (Phi) is 8.88. The molecule has 0 atom stereocenters. The van der Waals surface area contributed by atoms with Crippen molar-refractivity contribution in [2.75, 3.05) is 18.7 Å². The summed E-state index contributed by atoms with van der Waals surface area (Å²) in [5, 5.41) is 0.601. The lowest BCUT2D eigenvalue weighted by molar-refractivity contribution is -0.137. The predicted octanol–water partition coefficient (Wildman–Crippen LogP) is 4.80. The molecule has 2 aromatic carbocycles. The number of anilines is 1.